The van der Waals surface area contributed by atoms with Crippen LogP contribution in [0.1, 0.15) is 23.7 Å². The summed E-state index contributed by atoms with van der Waals surface area (Å²) in [6, 6.07) is 0.380. The molecule has 0 aliphatic rings. The number of nitrogens with one attached hydrogen (secondary N) is 1. The van der Waals surface area contributed by atoms with Crippen LogP contribution < -0.4 is 5.32 Å². The molecule has 0 amide bonds. The van der Waals surface area contributed by atoms with Crippen LogP contribution in [0.3, 0.4) is 0 Å². The molecule has 0 aromatic carbocycles. The molecule has 0 bridgehead atoms. The van der Waals surface area contributed by atoms with Gasteiger partial charge in [0.05, 0.1) is 10.7 Å². The summed E-state index contributed by atoms with van der Waals surface area (Å²) in [6.07, 6.45) is 0. The number of hydrogen-bond donors (Lipinski definition) is 1. The van der Waals surface area contributed by atoms with Crippen molar-refractivity contribution in [1.82, 2.24) is 10.3 Å². The molecule has 1 unspecified atom stereocenters. The monoisotopic (exact) mass is 156 g/mol. The molecule has 10 heavy (non-hydrogen) atoms. The van der Waals surface area contributed by atoms with E-state index in [-0.39, 0.29) is 0 Å². The lowest BCUT2D eigenvalue weighted by molar-refractivity contribution is 0.636. The first kappa shape index (κ1) is 7.69. The summed E-state index contributed by atoms with van der Waals surface area (Å²) in [5.74, 6) is 0. The van der Waals surface area contributed by atoms with E-state index in [0.717, 1.165) is 10.7 Å². The van der Waals surface area contributed by atoms with Crippen molar-refractivity contribution in [1.29, 1.82) is 0 Å². The molecule has 56 valence electrons. The first-order chi connectivity index (χ1) is 4.74. The SMILES string of the molecule is CNC(C)c1csc(C)n1. The molecule has 1 N–H and O–H groups in total. The quantitative estimate of drug-likeness (QED) is 0.705. The van der Waals surface area contributed by atoms with Gasteiger partial charge in [-0.25, -0.2) is 4.98 Å². The summed E-state index contributed by atoms with van der Waals surface area (Å²) >= 11 is 1.70. The lowest BCUT2D eigenvalue weighted by Gasteiger charge is -2.04. The second-order valence-corrected chi connectivity index (χ2v) is 3.36. The van der Waals surface area contributed by atoms with Crippen LogP contribution in [-0.2, 0) is 0 Å². The highest BCUT2D eigenvalue weighted by atomic mass is 32.1. The zero-order valence-electron chi connectivity index (χ0n) is 6.51. The standard InChI is InChI=1S/C7H12N2S/c1-5(8-3)7-4-10-6(2)9-7/h4-5,8H,1-3H3. The lowest BCUT2D eigenvalue weighted by atomic mass is 10.3. The van der Waals surface area contributed by atoms with E-state index in [2.05, 4.69) is 22.6 Å². The van der Waals surface area contributed by atoms with Crippen LogP contribution in [0.5, 0.6) is 0 Å². The Labute approximate surface area is 65.3 Å². The van der Waals surface area contributed by atoms with E-state index in [0.29, 0.717) is 6.04 Å². The van der Waals surface area contributed by atoms with E-state index >= 15 is 0 Å². The van der Waals surface area contributed by atoms with Crippen LogP contribution in [0.25, 0.3) is 0 Å². The first-order valence-corrected chi connectivity index (χ1v) is 4.21. The lowest BCUT2D eigenvalue weighted by Crippen LogP contribution is -2.12. The van der Waals surface area contributed by atoms with Gasteiger partial charge < -0.3 is 5.32 Å². The molecule has 1 rings (SSSR count). The molecule has 3 heteroatoms. The molecule has 1 heterocycles. The molecule has 0 fully saturated rings. The van der Waals surface area contributed by atoms with Gasteiger partial charge in [-0.3, -0.25) is 0 Å². The summed E-state index contributed by atoms with van der Waals surface area (Å²) in [5.41, 5.74) is 1.14. The van der Waals surface area contributed by atoms with Crippen molar-refractivity contribution in [2.75, 3.05) is 7.05 Å². The van der Waals surface area contributed by atoms with Gasteiger partial charge in [0.15, 0.2) is 0 Å². The van der Waals surface area contributed by atoms with Gasteiger partial charge in [-0.05, 0) is 20.9 Å². The van der Waals surface area contributed by atoms with Crippen molar-refractivity contribution >= 4 is 11.3 Å². The maximum Gasteiger partial charge on any atom is 0.0898 e. The van der Waals surface area contributed by atoms with Gasteiger partial charge in [0.1, 0.15) is 0 Å². The second-order valence-electron chi connectivity index (χ2n) is 2.30. The predicted molar refractivity (Wildman–Crippen MR) is 44.3 cm³/mol. The van der Waals surface area contributed by atoms with Gasteiger partial charge in [-0.2, -0.15) is 0 Å². The third-order valence-electron chi connectivity index (χ3n) is 1.51. The van der Waals surface area contributed by atoms with E-state index in [4.69, 9.17) is 0 Å². The average molecular weight is 156 g/mol. The van der Waals surface area contributed by atoms with Crippen LogP contribution in [-0.4, -0.2) is 12.0 Å². The van der Waals surface area contributed by atoms with Crippen molar-refractivity contribution < 1.29 is 0 Å². The van der Waals surface area contributed by atoms with Crippen LogP contribution in [0.4, 0.5) is 0 Å². The number of aromatic nitrogens is 1. The number of rotatable bonds is 2. The Morgan fingerprint density at radius 2 is 2.40 bits per heavy atom. The summed E-state index contributed by atoms with van der Waals surface area (Å²) in [5, 5.41) is 6.37. The molecule has 0 radical (unpaired) electrons. The summed E-state index contributed by atoms with van der Waals surface area (Å²) in [6.45, 7) is 4.13. The van der Waals surface area contributed by atoms with Crippen molar-refractivity contribution in [3.05, 3.63) is 16.1 Å². The molecule has 0 aliphatic heterocycles. The molecular formula is C7H12N2S. The highest BCUT2D eigenvalue weighted by molar-refractivity contribution is 7.09. The molecule has 0 saturated carbocycles. The van der Waals surface area contributed by atoms with E-state index in [9.17, 15) is 0 Å². The largest absolute Gasteiger partial charge is 0.312 e. The Morgan fingerprint density at radius 1 is 1.70 bits per heavy atom. The van der Waals surface area contributed by atoms with Gasteiger partial charge in [-0.15, -0.1) is 11.3 Å². The fraction of sp³-hybridized carbons (Fsp3) is 0.571. The maximum absolute atomic E-state index is 4.34. The van der Waals surface area contributed by atoms with Crippen molar-refractivity contribution in [2.24, 2.45) is 0 Å². The second kappa shape index (κ2) is 3.12. The minimum atomic E-state index is 0.380. The van der Waals surface area contributed by atoms with Crippen LogP contribution >= 0.6 is 11.3 Å². The van der Waals surface area contributed by atoms with E-state index in [1.807, 2.05) is 14.0 Å². The van der Waals surface area contributed by atoms with Crippen LogP contribution in [0, 0.1) is 6.92 Å². The van der Waals surface area contributed by atoms with Gasteiger partial charge in [0.25, 0.3) is 0 Å². The van der Waals surface area contributed by atoms with Gasteiger partial charge >= 0.3 is 0 Å². The Hall–Kier alpha value is -0.410. The molecule has 0 saturated heterocycles. The van der Waals surface area contributed by atoms with E-state index < -0.39 is 0 Å². The number of aryl methyl sites for hydroxylation is 1. The highest BCUT2D eigenvalue weighted by Gasteiger charge is 2.04. The van der Waals surface area contributed by atoms with Crippen molar-refractivity contribution in [3.63, 3.8) is 0 Å². The third kappa shape index (κ3) is 1.55. The number of hydrogen-bond acceptors (Lipinski definition) is 3. The molecule has 2 nitrogen and oxygen atoms in total. The Morgan fingerprint density at radius 3 is 2.80 bits per heavy atom. The Bertz CT molecular complexity index is 207. The summed E-state index contributed by atoms with van der Waals surface area (Å²) in [7, 11) is 1.94. The van der Waals surface area contributed by atoms with Crippen molar-refractivity contribution in [2.45, 2.75) is 19.9 Å². The predicted octanol–water partition coefficient (Wildman–Crippen LogP) is 1.73. The van der Waals surface area contributed by atoms with Gasteiger partial charge in [-0.1, -0.05) is 0 Å². The first-order valence-electron chi connectivity index (χ1n) is 3.33. The fourth-order valence-electron chi connectivity index (χ4n) is 0.727. The smallest absolute Gasteiger partial charge is 0.0898 e. The molecule has 0 spiro atoms. The minimum Gasteiger partial charge on any atom is -0.312 e. The van der Waals surface area contributed by atoms with Crippen molar-refractivity contribution in [3.8, 4) is 0 Å². The zero-order valence-corrected chi connectivity index (χ0v) is 7.33. The van der Waals surface area contributed by atoms with Gasteiger partial charge in [0, 0.05) is 11.4 Å². The fourth-order valence-corrected chi connectivity index (χ4v) is 1.43. The van der Waals surface area contributed by atoms with Crippen LogP contribution in [0.15, 0.2) is 5.38 Å². The average Bonchev–Trinajstić information content (AvgIpc) is 2.34. The van der Waals surface area contributed by atoms with E-state index in [1.165, 1.54) is 0 Å². The minimum absolute atomic E-state index is 0.380. The summed E-state index contributed by atoms with van der Waals surface area (Å²) < 4.78 is 0. The number of nitrogens with zero attached hydrogens (tertiary/aromatic N) is 1. The zero-order chi connectivity index (χ0) is 7.56. The van der Waals surface area contributed by atoms with Gasteiger partial charge in [0.2, 0.25) is 0 Å². The molecule has 1 aromatic heterocycles. The molecule has 1 aromatic rings. The third-order valence-corrected chi connectivity index (χ3v) is 2.31. The molecular weight excluding hydrogens is 144 g/mol. The molecule has 0 aliphatic carbocycles. The Kier molecular flexibility index (Phi) is 2.40. The topological polar surface area (TPSA) is 24.9 Å². The molecule has 1 atom stereocenters. The number of thiazole rings is 1. The summed E-state index contributed by atoms with van der Waals surface area (Å²) in [4.78, 5) is 4.34. The Balaban J connectivity index is 2.74. The highest BCUT2D eigenvalue weighted by Crippen LogP contribution is 2.14. The normalized spacial score (nSPS) is 13.5. The van der Waals surface area contributed by atoms with Crippen LogP contribution in [0.2, 0.25) is 0 Å². The maximum atomic E-state index is 4.34. The van der Waals surface area contributed by atoms with E-state index in [1.54, 1.807) is 11.3 Å².